The van der Waals surface area contributed by atoms with Crippen LogP contribution in [0.1, 0.15) is 26.7 Å². The van der Waals surface area contributed by atoms with Gasteiger partial charge in [-0.15, -0.1) is 0 Å². The van der Waals surface area contributed by atoms with E-state index in [2.05, 4.69) is 15.3 Å². The largest absolute Gasteiger partial charge is 0.489 e. The highest BCUT2D eigenvalue weighted by Crippen LogP contribution is 2.26. The molecule has 0 aliphatic carbocycles. The molecule has 1 heterocycles. The van der Waals surface area contributed by atoms with Crippen molar-refractivity contribution in [2.45, 2.75) is 26.7 Å². The Bertz CT molecular complexity index is 419. The molecule has 0 aliphatic heterocycles. The van der Waals surface area contributed by atoms with Crippen molar-refractivity contribution in [3.63, 3.8) is 0 Å². The van der Waals surface area contributed by atoms with Crippen molar-refractivity contribution in [2.75, 3.05) is 25.6 Å². The molecule has 0 radical (unpaired) electrons. The first-order valence-electron chi connectivity index (χ1n) is 6.09. The summed E-state index contributed by atoms with van der Waals surface area (Å²) in [4.78, 5) is 18.0. The number of anilines is 1. The van der Waals surface area contributed by atoms with E-state index in [4.69, 9.17) is 4.74 Å². The van der Waals surface area contributed by atoms with Crippen LogP contribution in [0.3, 0.4) is 0 Å². The van der Waals surface area contributed by atoms with E-state index in [9.17, 15) is 9.90 Å². The standard InChI is InChI=1S/C12H21N3O3/c1-4-12(5-2,7-16)6-13-10-9(18-3)11(17)15-8-14-10/h8,16H,4-7H2,1-3H3,(H2,13,14,15,17). The summed E-state index contributed by atoms with van der Waals surface area (Å²) < 4.78 is 5.01. The summed E-state index contributed by atoms with van der Waals surface area (Å²) in [7, 11) is 1.43. The average molecular weight is 255 g/mol. The van der Waals surface area contributed by atoms with Gasteiger partial charge in [0, 0.05) is 12.0 Å². The monoisotopic (exact) mass is 255 g/mol. The molecule has 0 amide bonds. The molecule has 6 heteroatoms. The summed E-state index contributed by atoms with van der Waals surface area (Å²) in [6, 6.07) is 0. The van der Waals surface area contributed by atoms with Crippen molar-refractivity contribution in [1.82, 2.24) is 9.97 Å². The van der Waals surface area contributed by atoms with Crippen LogP contribution in [-0.2, 0) is 0 Å². The molecular formula is C12H21N3O3. The molecule has 0 bridgehead atoms. The fraction of sp³-hybridized carbons (Fsp3) is 0.667. The second kappa shape index (κ2) is 6.39. The van der Waals surface area contributed by atoms with E-state index in [1.165, 1.54) is 13.4 Å². The quantitative estimate of drug-likeness (QED) is 0.676. The lowest BCUT2D eigenvalue weighted by Gasteiger charge is -2.29. The van der Waals surface area contributed by atoms with Crippen LogP contribution in [0.2, 0.25) is 0 Å². The topological polar surface area (TPSA) is 87.2 Å². The van der Waals surface area contributed by atoms with Gasteiger partial charge in [-0.3, -0.25) is 4.79 Å². The number of H-pyrrole nitrogens is 1. The Morgan fingerprint density at radius 2 is 2.17 bits per heavy atom. The maximum Gasteiger partial charge on any atom is 0.295 e. The molecule has 0 saturated heterocycles. The average Bonchev–Trinajstić information content (AvgIpc) is 2.41. The zero-order valence-electron chi connectivity index (χ0n) is 11.1. The van der Waals surface area contributed by atoms with Gasteiger partial charge in [-0.05, 0) is 12.8 Å². The van der Waals surface area contributed by atoms with E-state index in [1.807, 2.05) is 13.8 Å². The van der Waals surface area contributed by atoms with Gasteiger partial charge in [-0.25, -0.2) is 4.98 Å². The lowest BCUT2D eigenvalue weighted by molar-refractivity contribution is 0.127. The molecule has 6 nitrogen and oxygen atoms in total. The van der Waals surface area contributed by atoms with Crippen LogP contribution in [0.4, 0.5) is 5.82 Å². The van der Waals surface area contributed by atoms with Crippen molar-refractivity contribution in [3.05, 3.63) is 16.7 Å². The van der Waals surface area contributed by atoms with Crippen LogP contribution < -0.4 is 15.6 Å². The second-order valence-corrected chi connectivity index (χ2v) is 4.33. The highest BCUT2D eigenvalue weighted by Gasteiger charge is 2.25. The number of ether oxygens (including phenoxy) is 1. The summed E-state index contributed by atoms with van der Waals surface area (Å²) in [5, 5.41) is 12.6. The number of aliphatic hydroxyl groups is 1. The third-order valence-corrected chi connectivity index (χ3v) is 3.48. The number of aromatic amines is 1. The summed E-state index contributed by atoms with van der Waals surface area (Å²) in [6.07, 6.45) is 3.02. The fourth-order valence-corrected chi connectivity index (χ4v) is 1.75. The first-order chi connectivity index (χ1) is 8.62. The van der Waals surface area contributed by atoms with Gasteiger partial charge in [-0.2, -0.15) is 0 Å². The van der Waals surface area contributed by atoms with Crippen LogP contribution in [0.25, 0.3) is 0 Å². The molecular weight excluding hydrogens is 234 g/mol. The molecule has 0 aromatic carbocycles. The molecule has 18 heavy (non-hydrogen) atoms. The Labute approximate surface area is 106 Å². The van der Waals surface area contributed by atoms with Crippen molar-refractivity contribution in [1.29, 1.82) is 0 Å². The molecule has 1 aromatic heterocycles. The maximum atomic E-state index is 11.5. The van der Waals surface area contributed by atoms with E-state index in [0.29, 0.717) is 12.4 Å². The van der Waals surface area contributed by atoms with Crippen molar-refractivity contribution in [2.24, 2.45) is 5.41 Å². The van der Waals surface area contributed by atoms with Gasteiger partial charge in [0.05, 0.1) is 20.0 Å². The van der Waals surface area contributed by atoms with E-state index in [0.717, 1.165) is 12.8 Å². The van der Waals surface area contributed by atoms with Crippen LogP contribution in [0.5, 0.6) is 5.75 Å². The van der Waals surface area contributed by atoms with Gasteiger partial charge in [0.1, 0.15) is 0 Å². The molecule has 1 rings (SSSR count). The maximum absolute atomic E-state index is 11.5. The predicted molar refractivity (Wildman–Crippen MR) is 70.0 cm³/mol. The molecule has 0 saturated carbocycles. The van der Waals surface area contributed by atoms with E-state index < -0.39 is 0 Å². The minimum absolute atomic E-state index is 0.0957. The molecule has 0 spiro atoms. The van der Waals surface area contributed by atoms with Gasteiger partial charge < -0.3 is 20.1 Å². The van der Waals surface area contributed by atoms with Crippen LogP contribution in [-0.4, -0.2) is 35.3 Å². The van der Waals surface area contributed by atoms with Crippen LogP contribution >= 0.6 is 0 Å². The highest BCUT2D eigenvalue weighted by atomic mass is 16.5. The van der Waals surface area contributed by atoms with Gasteiger partial charge in [0.25, 0.3) is 5.56 Å². The minimum Gasteiger partial charge on any atom is -0.489 e. The third-order valence-electron chi connectivity index (χ3n) is 3.48. The Morgan fingerprint density at radius 1 is 1.50 bits per heavy atom. The number of nitrogens with one attached hydrogen (secondary N) is 2. The minimum atomic E-state index is -0.322. The molecule has 0 unspecified atom stereocenters. The Morgan fingerprint density at radius 3 is 2.67 bits per heavy atom. The SMILES string of the molecule is CCC(CC)(CO)CNc1nc[nH]c(=O)c1OC. The lowest BCUT2D eigenvalue weighted by atomic mass is 9.83. The summed E-state index contributed by atoms with van der Waals surface area (Å²) in [5.74, 6) is 0.567. The summed E-state index contributed by atoms with van der Waals surface area (Å²) in [6.45, 7) is 4.70. The van der Waals surface area contributed by atoms with Gasteiger partial charge in [0.15, 0.2) is 5.82 Å². The van der Waals surface area contributed by atoms with Crippen LogP contribution in [0, 0.1) is 5.41 Å². The molecule has 0 aliphatic rings. The van der Waals surface area contributed by atoms with E-state index >= 15 is 0 Å². The van der Waals surface area contributed by atoms with Crippen molar-refractivity contribution in [3.8, 4) is 5.75 Å². The number of hydrogen-bond donors (Lipinski definition) is 3. The summed E-state index contributed by atoms with van der Waals surface area (Å²) >= 11 is 0. The smallest absolute Gasteiger partial charge is 0.295 e. The van der Waals surface area contributed by atoms with Crippen molar-refractivity contribution < 1.29 is 9.84 Å². The van der Waals surface area contributed by atoms with Crippen molar-refractivity contribution >= 4 is 5.82 Å². The number of aromatic nitrogens is 2. The Kier molecular flexibility index (Phi) is 5.15. The Balaban J connectivity index is 2.86. The molecule has 1 aromatic rings. The number of nitrogens with zero attached hydrogens (tertiary/aromatic N) is 1. The lowest BCUT2D eigenvalue weighted by Crippen LogP contribution is -2.33. The molecule has 102 valence electrons. The number of methoxy groups -OCH3 is 1. The molecule has 0 atom stereocenters. The first kappa shape index (κ1) is 14.5. The predicted octanol–water partition coefficient (Wildman–Crippen LogP) is 0.989. The number of hydrogen-bond acceptors (Lipinski definition) is 5. The Hall–Kier alpha value is -1.56. The zero-order chi connectivity index (χ0) is 13.6. The van der Waals surface area contributed by atoms with E-state index in [-0.39, 0.29) is 23.3 Å². The van der Waals surface area contributed by atoms with Gasteiger partial charge in [-0.1, -0.05) is 13.8 Å². The van der Waals surface area contributed by atoms with Crippen LogP contribution in [0.15, 0.2) is 11.1 Å². The zero-order valence-corrected chi connectivity index (χ0v) is 11.1. The van der Waals surface area contributed by atoms with Gasteiger partial charge >= 0.3 is 0 Å². The first-order valence-corrected chi connectivity index (χ1v) is 6.09. The molecule has 3 N–H and O–H groups in total. The summed E-state index contributed by atoms with van der Waals surface area (Å²) in [5.41, 5.74) is -0.521. The normalized spacial score (nSPS) is 11.3. The fourth-order valence-electron chi connectivity index (χ4n) is 1.75. The third kappa shape index (κ3) is 3.01. The highest BCUT2D eigenvalue weighted by molar-refractivity contribution is 5.47. The molecule has 0 fully saturated rings. The number of aliphatic hydroxyl groups excluding tert-OH is 1. The number of rotatable bonds is 7. The second-order valence-electron chi connectivity index (χ2n) is 4.33. The van der Waals surface area contributed by atoms with E-state index in [1.54, 1.807) is 0 Å². The van der Waals surface area contributed by atoms with Gasteiger partial charge in [0.2, 0.25) is 5.75 Å².